The van der Waals surface area contributed by atoms with Crippen LogP contribution < -0.4 is 5.32 Å². The van der Waals surface area contributed by atoms with E-state index in [-0.39, 0.29) is 11.4 Å². The number of hydrogen-bond donors (Lipinski definition) is 1. The van der Waals surface area contributed by atoms with Crippen LogP contribution in [0, 0.1) is 5.92 Å². The molecule has 0 bridgehead atoms. The lowest BCUT2D eigenvalue weighted by atomic mass is 9.97. The third kappa shape index (κ3) is 3.68. The normalized spacial score (nSPS) is 31.3. The van der Waals surface area contributed by atoms with E-state index in [2.05, 4.69) is 12.2 Å². The predicted octanol–water partition coefficient (Wildman–Crippen LogP) is 0.813. The molecule has 3 unspecified atom stereocenters. The van der Waals surface area contributed by atoms with Crippen molar-refractivity contribution in [3.8, 4) is 0 Å². The molecule has 19 heavy (non-hydrogen) atoms. The topological polar surface area (TPSA) is 58.6 Å². The van der Waals surface area contributed by atoms with Crippen molar-refractivity contribution in [2.24, 2.45) is 5.92 Å². The Balaban J connectivity index is 1.93. The van der Waals surface area contributed by atoms with Crippen LogP contribution in [-0.4, -0.2) is 56.9 Å². The van der Waals surface area contributed by atoms with Crippen LogP contribution in [0.2, 0.25) is 0 Å². The molecule has 1 aliphatic heterocycles. The molecule has 3 atom stereocenters. The first-order valence-electron chi connectivity index (χ1n) is 7.20. The van der Waals surface area contributed by atoms with Crippen LogP contribution in [-0.2, 0) is 14.8 Å². The Kier molecular flexibility index (Phi) is 4.87. The molecule has 5 nitrogen and oxygen atoms in total. The van der Waals surface area contributed by atoms with Crippen molar-refractivity contribution in [2.75, 3.05) is 26.7 Å². The summed E-state index contributed by atoms with van der Waals surface area (Å²) in [6, 6.07) is 0.547. The fourth-order valence-electron chi connectivity index (χ4n) is 2.52. The first-order valence-corrected chi connectivity index (χ1v) is 8.70. The lowest BCUT2D eigenvalue weighted by molar-refractivity contribution is 0.0182. The van der Waals surface area contributed by atoms with E-state index < -0.39 is 10.0 Å². The maximum atomic E-state index is 12.5. The number of sulfonamides is 1. The summed E-state index contributed by atoms with van der Waals surface area (Å²) in [6.45, 7) is 5.59. The number of rotatable bonds is 6. The van der Waals surface area contributed by atoms with Gasteiger partial charge in [-0.05, 0) is 32.1 Å². The van der Waals surface area contributed by atoms with E-state index in [4.69, 9.17) is 4.74 Å². The largest absolute Gasteiger partial charge is 0.380 e. The average Bonchev–Trinajstić information content (AvgIpc) is 3.20. The van der Waals surface area contributed by atoms with Crippen molar-refractivity contribution in [1.82, 2.24) is 9.62 Å². The Morgan fingerprint density at radius 2 is 2.05 bits per heavy atom. The van der Waals surface area contributed by atoms with Crippen LogP contribution in [0.3, 0.4) is 0 Å². The number of ether oxygens (including phenoxy) is 1. The van der Waals surface area contributed by atoms with E-state index in [0.717, 1.165) is 6.42 Å². The highest BCUT2D eigenvalue weighted by Gasteiger charge is 2.36. The second kappa shape index (κ2) is 6.08. The van der Waals surface area contributed by atoms with Gasteiger partial charge in [0, 0.05) is 32.8 Å². The average molecular weight is 290 g/mol. The molecule has 0 amide bonds. The maximum Gasteiger partial charge on any atom is 0.218 e. The van der Waals surface area contributed by atoms with Gasteiger partial charge in [0.2, 0.25) is 10.0 Å². The molecule has 0 aromatic rings. The summed E-state index contributed by atoms with van der Waals surface area (Å²) in [5.41, 5.74) is 0. The predicted molar refractivity (Wildman–Crippen MR) is 75.6 cm³/mol. The van der Waals surface area contributed by atoms with Gasteiger partial charge in [0.15, 0.2) is 0 Å². The fraction of sp³-hybridized carbons (Fsp3) is 1.00. The minimum absolute atomic E-state index is 0.0205. The van der Waals surface area contributed by atoms with Crippen LogP contribution in [0.15, 0.2) is 0 Å². The van der Waals surface area contributed by atoms with Gasteiger partial charge in [0.25, 0.3) is 0 Å². The summed E-state index contributed by atoms with van der Waals surface area (Å²) in [5.74, 6) is 0.427. The number of nitrogens with one attached hydrogen (secondary N) is 1. The van der Waals surface area contributed by atoms with E-state index in [1.165, 1.54) is 12.8 Å². The van der Waals surface area contributed by atoms with Crippen molar-refractivity contribution in [3.63, 3.8) is 0 Å². The molecule has 2 rings (SSSR count). The molecule has 1 saturated heterocycles. The standard InChI is InChI=1S/C13H26N2O3S/c1-10-6-7-15(9-13(10)18-3)19(16,17)11(2)8-14-12-4-5-12/h10-14H,4-9H2,1-3H3. The van der Waals surface area contributed by atoms with E-state index in [1.807, 2.05) is 0 Å². The molecule has 2 fully saturated rings. The third-order valence-electron chi connectivity index (χ3n) is 4.29. The molecule has 1 N–H and O–H groups in total. The maximum absolute atomic E-state index is 12.5. The van der Waals surface area contributed by atoms with Gasteiger partial charge in [-0.15, -0.1) is 0 Å². The van der Waals surface area contributed by atoms with Crippen LogP contribution in [0.1, 0.15) is 33.1 Å². The van der Waals surface area contributed by atoms with Gasteiger partial charge in [0.1, 0.15) is 0 Å². The van der Waals surface area contributed by atoms with Gasteiger partial charge in [0.05, 0.1) is 11.4 Å². The summed E-state index contributed by atoms with van der Waals surface area (Å²) in [6.07, 6.45) is 3.26. The van der Waals surface area contributed by atoms with E-state index in [9.17, 15) is 8.42 Å². The van der Waals surface area contributed by atoms with Crippen LogP contribution >= 0.6 is 0 Å². The monoisotopic (exact) mass is 290 g/mol. The molecular formula is C13H26N2O3S. The number of methoxy groups -OCH3 is 1. The Morgan fingerprint density at radius 3 is 2.63 bits per heavy atom. The van der Waals surface area contributed by atoms with Gasteiger partial charge in [-0.3, -0.25) is 0 Å². The van der Waals surface area contributed by atoms with Gasteiger partial charge < -0.3 is 10.1 Å². The zero-order valence-electron chi connectivity index (χ0n) is 12.1. The van der Waals surface area contributed by atoms with Crippen molar-refractivity contribution >= 4 is 10.0 Å². The Hall–Kier alpha value is -0.170. The Bertz CT molecular complexity index is 395. The smallest absolute Gasteiger partial charge is 0.218 e. The van der Waals surface area contributed by atoms with E-state index in [0.29, 0.717) is 31.6 Å². The second-order valence-electron chi connectivity index (χ2n) is 5.94. The fourth-order valence-corrected chi connectivity index (χ4v) is 4.05. The third-order valence-corrected chi connectivity index (χ3v) is 6.53. The van der Waals surface area contributed by atoms with Crippen LogP contribution in [0.5, 0.6) is 0 Å². The molecule has 6 heteroatoms. The zero-order chi connectivity index (χ0) is 14.0. The van der Waals surface area contributed by atoms with Crippen molar-refractivity contribution in [2.45, 2.75) is 50.5 Å². The highest BCUT2D eigenvalue weighted by atomic mass is 32.2. The summed E-state index contributed by atoms with van der Waals surface area (Å²) in [7, 11) is -1.54. The molecule has 0 radical (unpaired) electrons. The van der Waals surface area contributed by atoms with Crippen molar-refractivity contribution in [1.29, 1.82) is 0 Å². The van der Waals surface area contributed by atoms with E-state index >= 15 is 0 Å². The molecule has 0 aromatic carbocycles. The number of hydrogen-bond acceptors (Lipinski definition) is 4. The summed E-state index contributed by atoms with van der Waals surface area (Å²) in [4.78, 5) is 0. The molecule has 112 valence electrons. The Morgan fingerprint density at radius 1 is 1.37 bits per heavy atom. The highest BCUT2D eigenvalue weighted by Crippen LogP contribution is 2.24. The van der Waals surface area contributed by atoms with Crippen molar-refractivity contribution in [3.05, 3.63) is 0 Å². The van der Waals surface area contributed by atoms with Crippen molar-refractivity contribution < 1.29 is 13.2 Å². The SMILES string of the molecule is COC1CN(S(=O)(=O)C(C)CNC2CC2)CCC1C. The summed E-state index contributed by atoms with van der Waals surface area (Å²) < 4.78 is 32.0. The van der Waals surface area contributed by atoms with Gasteiger partial charge in [-0.1, -0.05) is 6.92 Å². The molecular weight excluding hydrogens is 264 g/mol. The molecule has 0 spiro atoms. The second-order valence-corrected chi connectivity index (χ2v) is 8.29. The zero-order valence-corrected chi connectivity index (χ0v) is 12.9. The lowest BCUT2D eigenvalue weighted by Crippen LogP contribution is -2.50. The minimum atomic E-state index is -3.21. The summed E-state index contributed by atoms with van der Waals surface area (Å²) >= 11 is 0. The van der Waals surface area contributed by atoms with Crippen LogP contribution in [0.25, 0.3) is 0 Å². The lowest BCUT2D eigenvalue weighted by Gasteiger charge is -2.36. The number of piperidine rings is 1. The highest BCUT2D eigenvalue weighted by molar-refractivity contribution is 7.89. The quantitative estimate of drug-likeness (QED) is 0.786. The van der Waals surface area contributed by atoms with Gasteiger partial charge in [-0.2, -0.15) is 4.31 Å². The van der Waals surface area contributed by atoms with E-state index in [1.54, 1.807) is 18.3 Å². The molecule has 1 saturated carbocycles. The Labute approximate surface area is 116 Å². The molecule has 1 aliphatic carbocycles. The minimum Gasteiger partial charge on any atom is -0.380 e. The van der Waals surface area contributed by atoms with Gasteiger partial charge in [-0.25, -0.2) is 8.42 Å². The van der Waals surface area contributed by atoms with Gasteiger partial charge >= 0.3 is 0 Å². The number of nitrogens with zero attached hydrogens (tertiary/aromatic N) is 1. The molecule has 1 heterocycles. The van der Waals surface area contributed by atoms with Crippen LogP contribution in [0.4, 0.5) is 0 Å². The molecule has 2 aliphatic rings. The summed E-state index contributed by atoms with van der Waals surface area (Å²) in [5, 5.41) is 2.94. The first kappa shape index (κ1) is 15.2. The first-order chi connectivity index (χ1) is 8.95. The molecule has 0 aromatic heterocycles.